The van der Waals surface area contributed by atoms with E-state index in [-0.39, 0.29) is 0 Å². The first kappa shape index (κ1) is 20.8. The maximum absolute atomic E-state index is 4.75. The van der Waals surface area contributed by atoms with E-state index >= 15 is 0 Å². The lowest BCUT2D eigenvalue weighted by Gasteiger charge is -2.58. The molecule has 2 aromatic heterocycles. The zero-order valence-electron chi connectivity index (χ0n) is 19.3. The monoisotopic (exact) mass is 420 g/mol. The van der Waals surface area contributed by atoms with Crippen LogP contribution >= 0.6 is 0 Å². The third kappa shape index (κ3) is 3.85. The summed E-state index contributed by atoms with van der Waals surface area (Å²) in [6, 6.07) is 8.93. The first-order chi connectivity index (χ1) is 15.0. The van der Waals surface area contributed by atoms with Crippen molar-refractivity contribution in [2.24, 2.45) is 10.8 Å². The third-order valence-electron chi connectivity index (χ3n) is 8.06. The van der Waals surface area contributed by atoms with Crippen LogP contribution in [0.2, 0.25) is 0 Å². The molecule has 0 bridgehead atoms. The van der Waals surface area contributed by atoms with Crippen LogP contribution in [0.15, 0.2) is 36.7 Å². The molecule has 0 saturated carbocycles. The van der Waals surface area contributed by atoms with Gasteiger partial charge in [-0.1, -0.05) is 6.07 Å². The van der Waals surface area contributed by atoms with Gasteiger partial charge in [-0.3, -0.25) is 14.8 Å². The van der Waals surface area contributed by atoms with E-state index in [1.54, 1.807) is 0 Å². The molecular formula is C25H36N6. The van der Waals surface area contributed by atoms with Gasteiger partial charge in [-0.2, -0.15) is 0 Å². The minimum atomic E-state index is 0.354. The van der Waals surface area contributed by atoms with E-state index in [0.717, 1.165) is 37.8 Å². The van der Waals surface area contributed by atoms with Gasteiger partial charge in [-0.05, 0) is 76.7 Å². The highest BCUT2D eigenvalue weighted by atomic mass is 15.3. The number of aromatic nitrogens is 3. The second-order valence-electron chi connectivity index (χ2n) is 10.4. The van der Waals surface area contributed by atoms with Gasteiger partial charge < -0.3 is 4.90 Å². The maximum Gasteiger partial charge on any atom is 0.225 e. The number of nitrogens with zero attached hydrogens (tertiary/aromatic N) is 6. The Morgan fingerprint density at radius 1 is 0.935 bits per heavy atom. The fourth-order valence-corrected chi connectivity index (χ4v) is 6.26. The highest BCUT2D eigenvalue weighted by molar-refractivity contribution is 5.37. The average molecular weight is 421 g/mol. The number of pyridine rings is 1. The molecule has 5 rings (SSSR count). The molecule has 3 aliphatic heterocycles. The number of hydrogen-bond acceptors (Lipinski definition) is 6. The number of anilines is 1. The first-order valence-electron chi connectivity index (χ1n) is 11.9. The van der Waals surface area contributed by atoms with E-state index in [2.05, 4.69) is 63.6 Å². The van der Waals surface area contributed by atoms with E-state index in [9.17, 15) is 0 Å². The predicted molar refractivity (Wildman–Crippen MR) is 124 cm³/mol. The fourth-order valence-electron chi connectivity index (χ4n) is 6.26. The van der Waals surface area contributed by atoms with Crippen molar-refractivity contribution in [2.75, 3.05) is 44.2 Å². The van der Waals surface area contributed by atoms with Crippen LogP contribution < -0.4 is 4.90 Å². The molecule has 6 heteroatoms. The Balaban J connectivity index is 1.35. The molecule has 3 aliphatic rings. The van der Waals surface area contributed by atoms with Gasteiger partial charge in [0.25, 0.3) is 0 Å². The van der Waals surface area contributed by atoms with Crippen molar-refractivity contribution >= 4 is 5.95 Å². The lowest BCUT2D eigenvalue weighted by atomic mass is 9.57. The molecule has 1 atom stereocenters. The Bertz CT molecular complexity index is 894. The van der Waals surface area contributed by atoms with Gasteiger partial charge in [0.2, 0.25) is 5.95 Å². The summed E-state index contributed by atoms with van der Waals surface area (Å²) in [5, 5.41) is 0. The summed E-state index contributed by atoms with van der Waals surface area (Å²) in [5.41, 5.74) is 3.03. The van der Waals surface area contributed by atoms with Crippen LogP contribution in [0.1, 0.15) is 44.5 Å². The van der Waals surface area contributed by atoms with Gasteiger partial charge in [-0.15, -0.1) is 0 Å². The highest BCUT2D eigenvalue weighted by Crippen LogP contribution is 2.58. The molecular weight excluding hydrogens is 384 g/mol. The zero-order valence-corrected chi connectivity index (χ0v) is 19.3. The molecule has 5 heterocycles. The fraction of sp³-hybridized carbons (Fsp3) is 0.640. The molecule has 3 fully saturated rings. The maximum atomic E-state index is 4.75. The normalized spacial score (nSPS) is 26.5. The van der Waals surface area contributed by atoms with Crippen LogP contribution in [-0.4, -0.2) is 70.1 Å². The largest absolute Gasteiger partial charge is 0.340 e. The quantitative estimate of drug-likeness (QED) is 0.756. The van der Waals surface area contributed by atoms with E-state index in [0.29, 0.717) is 16.9 Å². The van der Waals surface area contributed by atoms with Crippen LogP contribution in [0.3, 0.4) is 0 Å². The van der Waals surface area contributed by atoms with Gasteiger partial charge in [0, 0.05) is 62.3 Å². The summed E-state index contributed by atoms with van der Waals surface area (Å²) >= 11 is 0. The minimum absolute atomic E-state index is 0.354. The van der Waals surface area contributed by atoms with Crippen molar-refractivity contribution in [1.82, 2.24) is 24.8 Å². The topological polar surface area (TPSA) is 48.4 Å². The molecule has 31 heavy (non-hydrogen) atoms. The first-order valence-corrected chi connectivity index (χ1v) is 11.9. The van der Waals surface area contributed by atoms with Crippen LogP contribution in [-0.2, 0) is 6.54 Å². The molecule has 0 radical (unpaired) electrons. The number of hydrogen-bond donors (Lipinski definition) is 0. The number of rotatable bonds is 4. The molecule has 2 spiro atoms. The van der Waals surface area contributed by atoms with Crippen molar-refractivity contribution in [1.29, 1.82) is 0 Å². The second-order valence-corrected chi connectivity index (χ2v) is 10.4. The third-order valence-corrected chi connectivity index (χ3v) is 8.06. The summed E-state index contributed by atoms with van der Waals surface area (Å²) in [6.45, 7) is 14.7. The molecule has 0 amide bonds. The molecule has 0 aromatic carbocycles. The number of aryl methyl sites for hydroxylation is 1. The van der Waals surface area contributed by atoms with Crippen LogP contribution in [0, 0.1) is 17.8 Å². The van der Waals surface area contributed by atoms with E-state index in [1.807, 2.05) is 18.5 Å². The molecule has 0 unspecified atom stereocenters. The Labute approximate surface area is 186 Å². The van der Waals surface area contributed by atoms with Gasteiger partial charge in [-0.25, -0.2) is 9.97 Å². The minimum Gasteiger partial charge on any atom is -0.340 e. The highest BCUT2D eigenvalue weighted by Gasteiger charge is 2.63. The lowest BCUT2D eigenvalue weighted by Crippen LogP contribution is -2.65. The van der Waals surface area contributed by atoms with Crippen LogP contribution in [0.4, 0.5) is 5.95 Å². The van der Waals surface area contributed by atoms with Crippen LogP contribution in [0.5, 0.6) is 0 Å². The van der Waals surface area contributed by atoms with E-state index < -0.39 is 0 Å². The Morgan fingerprint density at radius 3 is 2.45 bits per heavy atom. The Morgan fingerprint density at radius 2 is 1.71 bits per heavy atom. The van der Waals surface area contributed by atoms with Crippen molar-refractivity contribution in [2.45, 2.75) is 52.6 Å². The zero-order chi connectivity index (χ0) is 21.5. The molecule has 2 aromatic rings. The smallest absolute Gasteiger partial charge is 0.225 e. The van der Waals surface area contributed by atoms with E-state index in [4.69, 9.17) is 4.98 Å². The molecule has 0 N–H and O–H groups in total. The van der Waals surface area contributed by atoms with Crippen molar-refractivity contribution in [3.05, 3.63) is 48.0 Å². The summed E-state index contributed by atoms with van der Waals surface area (Å²) in [5.74, 6) is 0.909. The lowest BCUT2D eigenvalue weighted by molar-refractivity contribution is -0.0901. The predicted octanol–water partition coefficient (Wildman–Crippen LogP) is 3.38. The van der Waals surface area contributed by atoms with Gasteiger partial charge >= 0.3 is 0 Å². The molecule has 0 aliphatic carbocycles. The van der Waals surface area contributed by atoms with Gasteiger partial charge in [0.15, 0.2) is 0 Å². The van der Waals surface area contributed by atoms with Crippen molar-refractivity contribution in [3.8, 4) is 0 Å². The van der Waals surface area contributed by atoms with Crippen molar-refractivity contribution < 1.29 is 0 Å². The Kier molecular flexibility index (Phi) is 5.47. The summed E-state index contributed by atoms with van der Waals surface area (Å²) in [4.78, 5) is 21.7. The van der Waals surface area contributed by atoms with Crippen molar-refractivity contribution in [3.63, 3.8) is 0 Å². The molecule has 3 saturated heterocycles. The molecule has 166 valence electrons. The number of fused-ring (bicyclic) bond motifs is 1. The van der Waals surface area contributed by atoms with Gasteiger partial charge in [0.1, 0.15) is 0 Å². The second kappa shape index (κ2) is 8.14. The van der Waals surface area contributed by atoms with Gasteiger partial charge in [0.05, 0.1) is 5.69 Å². The summed E-state index contributed by atoms with van der Waals surface area (Å²) in [6.07, 6.45) is 7.59. The average Bonchev–Trinajstić information content (AvgIpc) is 2.93. The molecule has 6 nitrogen and oxygen atoms in total. The van der Waals surface area contributed by atoms with Crippen LogP contribution in [0.25, 0.3) is 0 Å². The standard InChI is InChI=1S/C25H36N6/c1-20(2)30-17-25(18-30)19-31(23-26-11-6-12-27-23)16-24(25)9-5-13-29(14-10-24)15-22-8-4-7-21(3)28-22/h4,6-8,11-12,20H,5,9-10,13-19H2,1-3H3/t24-/m0/s1. The van der Waals surface area contributed by atoms with E-state index in [1.165, 1.54) is 44.6 Å². The SMILES string of the molecule is Cc1cccc(CN2CCC[C@]3(CC2)CN(c2ncccn2)CC32CN(C(C)C)C2)n1. The summed E-state index contributed by atoms with van der Waals surface area (Å²) in [7, 11) is 0. The summed E-state index contributed by atoms with van der Waals surface area (Å²) < 4.78 is 0. The number of likely N-dealkylation sites (tertiary alicyclic amines) is 2. The Hall–Kier alpha value is -2.05.